The fourth-order valence-electron chi connectivity index (χ4n) is 3.86. The number of rotatable bonds is 4. The van der Waals surface area contributed by atoms with Crippen molar-refractivity contribution in [2.75, 3.05) is 0 Å². The fourth-order valence-corrected chi connectivity index (χ4v) is 4.05. The molecule has 1 saturated carbocycles. The fraction of sp³-hybridized carbons (Fsp3) is 0.364. The third-order valence-electron chi connectivity index (χ3n) is 5.40. The molecule has 0 bridgehead atoms. The predicted molar refractivity (Wildman–Crippen MR) is 109 cm³/mol. The molecule has 1 aliphatic carbocycles. The Balaban J connectivity index is 1.36. The van der Waals surface area contributed by atoms with Gasteiger partial charge in [0.25, 0.3) is 5.91 Å². The summed E-state index contributed by atoms with van der Waals surface area (Å²) in [6.45, 7) is 2.23. The highest BCUT2D eigenvalue weighted by Gasteiger charge is 2.40. The molecule has 2 amide bonds. The van der Waals surface area contributed by atoms with Crippen molar-refractivity contribution < 1.29 is 18.7 Å². The third-order valence-corrected chi connectivity index (χ3v) is 5.75. The summed E-state index contributed by atoms with van der Waals surface area (Å²) in [4.78, 5) is 25.0. The molecule has 6 nitrogen and oxygen atoms in total. The van der Waals surface area contributed by atoms with Gasteiger partial charge in [-0.2, -0.15) is 0 Å². The zero-order valence-corrected chi connectivity index (χ0v) is 16.9. The number of hydrogen-bond donors (Lipinski definition) is 2. The van der Waals surface area contributed by atoms with Crippen molar-refractivity contribution in [1.29, 1.82) is 0 Å². The van der Waals surface area contributed by atoms with E-state index in [1.807, 2.05) is 37.3 Å². The van der Waals surface area contributed by atoms with E-state index in [2.05, 4.69) is 10.6 Å². The van der Waals surface area contributed by atoms with Gasteiger partial charge in [-0.25, -0.2) is 0 Å². The Bertz CT molecular complexity index is 952. The molecule has 0 spiro atoms. The quantitative estimate of drug-likeness (QED) is 0.749. The number of ether oxygens (including phenoxy) is 1. The minimum Gasteiger partial charge on any atom is -0.483 e. The summed E-state index contributed by atoms with van der Waals surface area (Å²) in [7, 11) is 0. The molecule has 7 heteroatoms. The summed E-state index contributed by atoms with van der Waals surface area (Å²) < 4.78 is 11.4. The van der Waals surface area contributed by atoms with Crippen LogP contribution < -0.4 is 10.6 Å². The average Bonchev–Trinajstić information content (AvgIpc) is 3.13. The molecule has 2 N–H and O–H groups in total. The van der Waals surface area contributed by atoms with Crippen molar-refractivity contribution in [3.8, 4) is 0 Å². The van der Waals surface area contributed by atoms with E-state index in [9.17, 15) is 9.59 Å². The Morgan fingerprint density at radius 3 is 2.86 bits per heavy atom. The number of fused-ring (bicyclic) bond motifs is 1. The highest BCUT2D eigenvalue weighted by molar-refractivity contribution is 6.32. The minimum absolute atomic E-state index is 0.0239. The van der Waals surface area contributed by atoms with Crippen LogP contribution in [0.2, 0.25) is 5.02 Å². The second-order valence-corrected chi connectivity index (χ2v) is 7.91. The van der Waals surface area contributed by atoms with Crippen molar-refractivity contribution in [2.45, 2.75) is 44.9 Å². The van der Waals surface area contributed by atoms with Crippen LogP contribution in [0.5, 0.6) is 0 Å². The van der Waals surface area contributed by atoms with Gasteiger partial charge >= 0.3 is 0 Å². The van der Waals surface area contributed by atoms with E-state index in [-0.39, 0.29) is 35.6 Å². The maximum Gasteiger partial charge on any atom is 0.286 e. The van der Waals surface area contributed by atoms with E-state index < -0.39 is 0 Å². The topological polar surface area (TPSA) is 80.6 Å². The molecule has 29 heavy (non-hydrogen) atoms. The molecule has 4 rings (SSSR count). The molecule has 3 unspecified atom stereocenters. The Hall–Kier alpha value is -2.73. The number of benzene rings is 1. The number of hydrogen-bond acceptors (Lipinski definition) is 4. The van der Waals surface area contributed by atoms with Gasteiger partial charge in [0.05, 0.1) is 12.6 Å². The summed E-state index contributed by atoms with van der Waals surface area (Å²) in [5.41, 5.74) is 0.735. The number of aryl methyl sites for hydroxylation is 1. The van der Waals surface area contributed by atoms with E-state index in [0.717, 1.165) is 17.1 Å². The third kappa shape index (κ3) is 4.48. The van der Waals surface area contributed by atoms with Gasteiger partial charge in [-0.1, -0.05) is 29.8 Å². The van der Waals surface area contributed by atoms with Crippen molar-refractivity contribution >= 4 is 29.5 Å². The monoisotopic (exact) mass is 414 g/mol. The van der Waals surface area contributed by atoms with Crippen LogP contribution in [0.15, 0.2) is 46.6 Å². The van der Waals surface area contributed by atoms with Crippen LogP contribution in [0.25, 0.3) is 6.08 Å². The highest BCUT2D eigenvalue weighted by Crippen LogP contribution is 2.32. The average molecular weight is 415 g/mol. The lowest BCUT2D eigenvalue weighted by atomic mass is 9.82. The number of carbonyl (C=O) groups is 2. The zero-order valence-electron chi connectivity index (χ0n) is 16.1. The Kier molecular flexibility index (Phi) is 5.62. The van der Waals surface area contributed by atoms with Crippen LogP contribution in [0.3, 0.4) is 0 Å². The number of nitrogens with one attached hydrogen (secondary N) is 2. The molecule has 2 fully saturated rings. The first-order valence-electron chi connectivity index (χ1n) is 9.76. The lowest BCUT2D eigenvalue weighted by molar-refractivity contribution is -0.135. The van der Waals surface area contributed by atoms with E-state index >= 15 is 0 Å². The maximum absolute atomic E-state index is 12.5. The Morgan fingerprint density at radius 1 is 1.28 bits per heavy atom. The molecule has 1 aromatic heterocycles. The van der Waals surface area contributed by atoms with Gasteiger partial charge in [0.1, 0.15) is 17.6 Å². The molecule has 3 atom stereocenters. The number of morpholine rings is 1. The molecule has 1 aliphatic heterocycles. The van der Waals surface area contributed by atoms with Crippen LogP contribution in [-0.2, 0) is 20.9 Å². The second kappa shape index (κ2) is 8.33. The lowest BCUT2D eigenvalue weighted by Gasteiger charge is -2.39. The Morgan fingerprint density at radius 2 is 2.10 bits per heavy atom. The maximum atomic E-state index is 12.5. The van der Waals surface area contributed by atoms with Gasteiger partial charge < -0.3 is 19.8 Å². The molecule has 0 radical (unpaired) electrons. The van der Waals surface area contributed by atoms with Gasteiger partial charge in [0.15, 0.2) is 5.76 Å². The predicted octanol–water partition coefficient (Wildman–Crippen LogP) is 3.58. The molecule has 152 valence electrons. The van der Waals surface area contributed by atoms with Crippen LogP contribution in [0.4, 0.5) is 0 Å². The first kappa shape index (κ1) is 19.6. The zero-order chi connectivity index (χ0) is 20.4. The van der Waals surface area contributed by atoms with Crippen LogP contribution in [0, 0.1) is 12.8 Å². The van der Waals surface area contributed by atoms with E-state index in [1.165, 1.54) is 0 Å². The van der Waals surface area contributed by atoms with E-state index in [1.54, 1.807) is 12.1 Å². The van der Waals surface area contributed by atoms with Crippen molar-refractivity contribution in [2.24, 2.45) is 5.92 Å². The smallest absolute Gasteiger partial charge is 0.286 e. The lowest BCUT2D eigenvalue weighted by Crippen LogP contribution is -2.54. The first-order valence-corrected chi connectivity index (χ1v) is 10.1. The molecular formula is C22H23ClN2O4. The number of halogens is 1. The van der Waals surface area contributed by atoms with Gasteiger partial charge in [-0.3, -0.25) is 9.59 Å². The SMILES string of the molecule is Cc1ccc(CNC(=O)C2CCC3O/C(=C/c4ccccc4Cl)C(=O)NC3C2)o1. The summed E-state index contributed by atoms with van der Waals surface area (Å²) in [5, 5.41) is 6.48. The summed E-state index contributed by atoms with van der Waals surface area (Å²) in [6.07, 6.45) is 3.48. The van der Waals surface area contributed by atoms with Gasteiger partial charge in [0, 0.05) is 10.9 Å². The van der Waals surface area contributed by atoms with Gasteiger partial charge in [0.2, 0.25) is 5.91 Å². The first-order chi connectivity index (χ1) is 14.0. The second-order valence-electron chi connectivity index (χ2n) is 7.51. The normalized spacial score (nSPS) is 25.1. The highest BCUT2D eigenvalue weighted by atomic mass is 35.5. The summed E-state index contributed by atoms with van der Waals surface area (Å²) >= 11 is 6.17. The molecule has 2 aliphatic rings. The minimum atomic E-state index is -0.279. The molecule has 1 saturated heterocycles. The number of furan rings is 1. The van der Waals surface area contributed by atoms with Crippen molar-refractivity contribution in [3.63, 3.8) is 0 Å². The number of amides is 2. The van der Waals surface area contributed by atoms with E-state index in [0.29, 0.717) is 30.8 Å². The summed E-state index contributed by atoms with van der Waals surface area (Å²) in [6, 6.07) is 10.8. The molecule has 2 heterocycles. The molecule has 2 aromatic rings. The van der Waals surface area contributed by atoms with Crippen molar-refractivity contribution in [1.82, 2.24) is 10.6 Å². The Labute approximate surface area is 174 Å². The van der Waals surface area contributed by atoms with Gasteiger partial charge in [-0.05, 0) is 56.0 Å². The van der Waals surface area contributed by atoms with Crippen LogP contribution >= 0.6 is 11.6 Å². The molecule has 1 aromatic carbocycles. The standard InChI is InChI=1S/C22H23ClN2O4/c1-13-6-8-16(28-13)12-24-21(26)15-7-9-19-18(10-15)25-22(27)20(29-19)11-14-4-2-3-5-17(14)23/h2-6,8,11,15,18-19H,7,9-10,12H2,1H3,(H,24,26)(H,25,27)/b20-11+. The molecular weight excluding hydrogens is 392 g/mol. The van der Waals surface area contributed by atoms with Crippen LogP contribution in [0.1, 0.15) is 36.3 Å². The van der Waals surface area contributed by atoms with Crippen molar-refractivity contribution in [3.05, 3.63) is 64.3 Å². The van der Waals surface area contributed by atoms with Crippen LogP contribution in [-0.4, -0.2) is 24.0 Å². The summed E-state index contributed by atoms with van der Waals surface area (Å²) in [5.74, 6) is 1.34. The van der Waals surface area contributed by atoms with Gasteiger partial charge in [-0.15, -0.1) is 0 Å². The number of carbonyl (C=O) groups excluding carboxylic acids is 2. The van der Waals surface area contributed by atoms with E-state index in [4.69, 9.17) is 20.8 Å². The largest absolute Gasteiger partial charge is 0.483 e.